The molecule has 2 saturated heterocycles. The van der Waals surface area contributed by atoms with E-state index in [0.717, 1.165) is 63.4 Å². The molecule has 1 aromatic carbocycles. The topological polar surface area (TPSA) is 86.1 Å². The monoisotopic (exact) mass is 363 g/mol. The van der Waals surface area contributed by atoms with Crippen molar-refractivity contribution < 1.29 is 19.0 Å². The molecule has 1 aromatic rings. The number of piperidine rings is 1. The quantitative estimate of drug-likeness (QED) is 0.433. The second kappa shape index (κ2) is 9.21. The number of carbonyl (C=O) groups excluding carboxylic acids is 1. The lowest BCUT2D eigenvalue weighted by Gasteiger charge is -2.31. The molecule has 3 rings (SSSR count). The van der Waals surface area contributed by atoms with E-state index in [1.165, 1.54) is 5.56 Å². The maximum atomic E-state index is 11.6. The van der Waals surface area contributed by atoms with Crippen molar-refractivity contribution in [2.75, 3.05) is 33.4 Å². The molecule has 0 aromatic heterocycles. The molecule has 2 aliphatic rings. The molecular weight excluding hydrogens is 334 g/mol. The Bertz CT molecular complexity index is 596. The Hall–Kier alpha value is -1.83. The summed E-state index contributed by atoms with van der Waals surface area (Å²) in [6, 6.07) is 6.08. The zero-order valence-corrected chi connectivity index (χ0v) is 15.4. The number of nitrogens with zero attached hydrogens (tertiary/aromatic N) is 1. The van der Waals surface area contributed by atoms with Crippen LogP contribution in [0.15, 0.2) is 18.2 Å². The third-order valence-electron chi connectivity index (χ3n) is 5.18. The fourth-order valence-electron chi connectivity index (χ4n) is 3.62. The number of hydrazine groups is 1. The van der Waals surface area contributed by atoms with Crippen LogP contribution < -0.4 is 20.7 Å². The van der Waals surface area contributed by atoms with Gasteiger partial charge in [0.25, 0.3) is 0 Å². The number of rotatable bonds is 7. The predicted molar refractivity (Wildman–Crippen MR) is 97.8 cm³/mol. The van der Waals surface area contributed by atoms with Crippen LogP contribution in [0.5, 0.6) is 11.5 Å². The van der Waals surface area contributed by atoms with Gasteiger partial charge in [0.05, 0.1) is 13.2 Å². The standard InChI is InChI=1S/C19H29N3O4/c1-24-18-11-14(4-5-17(18)26-13-16-3-2-10-25-16)12-22-8-6-15(7-9-22)19(23)21-20/h4-5,11,15-16H,2-3,6-10,12-13,20H2,1H3,(H,21,23). The number of nitrogens with one attached hydrogen (secondary N) is 1. The minimum atomic E-state index is -0.0564. The Morgan fingerprint density at radius 1 is 1.31 bits per heavy atom. The van der Waals surface area contributed by atoms with Gasteiger partial charge in [0.1, 0.15) is 6.61 Å². The van der Waals surface area contributed by atoms with Gasteiger partial charge in [0.2, 0.25) is 5.91 Å². The van der Waals surface area contributed by atoms with Crippen LogP contribution in [0.1, 0.15) is 31.2 Å². The summed E-state index contributed by atoms with van der Waals surface area (Å²) in [7, 11) is 1.66. The van der Waals surface area contributed by atoms with Crippen molar-refractivity contribution in [2.24, 2.45) is 11.8 Å². The van der Waals surface area contributed by atoms with E-state index in [-0.39, 0.29) is 17.9 Å². The minimum absolute atomic E-state index is 0.0272. The molecule has 2 aliphatic heterocycles. The van der Waals surface area contributed by atoms with E-state index >= 15 is 0 Å². The van der Waals surface area contributed by atoms with Crippen LogP contribution in [0.4, 0.5) is 0 Å². The Labute approximate surface area is 154 Å². The molecule has 1 amide bonds. The van der Waals surface area contributed by atoms with Crippen molar-refractivity contribution in [1.82, 2.24) is 10.3 Å². The first kappa shape index (κ1) is 18.9. The lowest BCUT2D eigenvalue weighted by molar-refractivity contribution is -0.126. The van der Waals surface area contributed by atoms with Gasteiger partial charge < -0.3 is 14.2 Å². The Morgan fingerprint density at radius 3 is 2.77 bits per heavy atom. The van der Waals surface area contributed by atoms with Gasteiger partial charge in [0.15, 0.2) is 11.5 Å². The van der Waals surface area contributed by atoms with Gasteiger partial charge in [-0.15, -0.1) is 0 Å². The van der Waals surface area contributed by atoms with Crippen molar-refractivity contribution in [1.29, 1.82) is 0 Å². The SMILES string of the molecule is COc1cc(CN2CCC(C(=O)NN)CC2)ccc1OCC1CCCO1. The second-order valence-corrected chi connectivity index (χ2v) is 6.99. The van der Waals surface area contributed by atoms with Gasteiger partial charge in [-0.05, 0) is 56.5 Å². The van der Waals surface area contributed by atoms with Crippen LogP contribution in [0.25, 0.3) is 0 Å². The molecule has 1 atom stereocenters. The number of benzene rings is 1. The number of ether oxygens (including phenoxy) is 3. The highest BCUT2D eigenvalue weighted by molar-refractivity contribution is 5.78. The molecule has 144 valence electrons. The molecule has 2 fully saturated rings. The van der Waals surface area contributed by atoms with Crippen LogP contribution >= 0.6 is 0 Å². The summed E-state index contributed by atoms with van der Waals surface area (Å²) in [6.45, 7) is 3.99. The number of likely N-dealkylation sites (tertiary alicyclic amines) is 1. The number of hydrogen-bond acceptors (Lipinski definition) is 6. The van der Waals surface area contributed by atoms with E-state index in [1.54, 1.807) is 7.11 Å². The fraction of sp³-hybridized carbons (Fsp3) is 0.632. The third kappa shape index (κ3) is 4.87. The lowest BCUT2D eigenvalue weighted by atomic mass is 9.96. The van der Waals surface area contributed by atoms with E-state index in [4.69, 9.17) is 20.1 Å². The number of methoxy groups -OCH3 is 1. The average Bonchev–Trinajstić information content (AvgIpc) is 3.20. The Kier molecular flexibility index (Phi) is 6.71. The highest BCUT2D eigenvalue weighted by atomic mass is 16.5. The van der Waals surface area contributed by atoms with Crippen LogP contribution in [0.2, 0.25) is 0 Å². The Morgan fingerprint density at radius 2 is 2.12 bits per heavy atom. The summed E-state index contributed by atoms with van der Waals surface area (Å²) in [5.74, 6) is 6.70. The molecule has 7 nitrogen and oxygen atoms in total. The maximum absolute atomic E-state index is 11.6. The van der Waals surface area contributed by atoms with Crippen molar-refractivity contribution >= 4 is 5.91 Å². The molecule has 2 heterocycles. The summed E-state index contributed by atoms with van der Waals surface area (Å²) >= 11 is 0. The zero-order chi connectivity index (χ0) is 18.4. The number of hydrogen-bond donors (Lipinski definition) is 2. The first-order valence-electron chi connectivity index (χ1n) is 9.33. The molecule has 0 radical (unpaired) electrons. The molecule has 0 spiro atoms. The van der Waals surface area contributed by atoms with E-state index in [0.29, 0.717) is 6.61 Å². The summed E-state index contributed by atoms with van der Waals surface area (Å²) in [5, 5.41) is 0. The van der Waals surface area contributed by atoms with Crippen molar-refractivity contribution in [2.45, 2.75) is 38.3 Å². The summed E-state index contributed by atoms with van der Waals surface area (Å²) in [4.78, 5) is 14.0. The summed E-state index contributed by atoms with van der Waals surface area (Å²) in [5.41, 5.74) is 3.43. The Balaban J connectivity index is 1.53. The zero-order valence-electron chi connectivity index (χ0n) is 15.4. The highest BCUT2D eigenvalue weighted by Gasteiger charge is 2.24. The van der Waals surface area contributed by atoms with Gasteiger partial charge >= 0.3 is 0 Å². The van der Waals surface area contributed by atoms with Crippen molar-refractivity contribution in [3.8, 4) is 11.5 Å². The maximum Gasteiger partial charge on any atom is 0.237 e. The molecular formula is C19H29N3O4. The molecule has 3 N–H and O–H groups in total. The first-order chi connectivity index (χ1) is 12.7. The molecule has 0 aliphatic carbocycles. The number of carbonyl (C=O) groups is 1. The minimum Gasteiger partial charge on any atom is -0.493 e. The van der Waals surface area contributed by atoms with E-state index in [9.17, 15) is 4.79 Å². The van der Waals surface area contributed by atoms with E-state index in [2.05, 4.69) is 16.4 Å². The number of nitrogens with two attached hydrogens (primary N) is 1. The predicted octanol–water partition coefficient (Wildman–Crippen LogP) is 1.45. The summed E-state index contributed by atoms with van der Waals surface area (Å²) in [6.07, 6.45) is 4.02. The normalized spacial score (nSPS) is 21.5. The van der Waals surface area contributed by atoms with Gasteiger partial charge in [0, 0.05) is 19.1 Å². The average molecular weight is 363 g/mol. The molecule has 26 heavy (non-hydrogen) atoms. The van der Waals surface area contributed by atoms with Gasteiger partial charge in [-0.3, -0.25) is 15.1 Å². The van der Waals surface area contributed by atoms with Crippen molar-refractivity contribution in [3.63, 3.8) is 0 Å². The molecule has 0 bridgehead atoms. The lowest BCUT2D eigenvalue weighted by Crippen LogP contribution is -2.42. The molecule has 1 unspecified atom stereocenters. The van der Waals surface area contributed by atoms with E-state index in [1.807, 2.05) is 12.1 Å². The fourth-order valence-corrected chi connectivity index (χ4v) is 3.62. The van der Waals surface area contributed by atoms with Crippen molar-refractivity contribution in [3.05, 3.63) is 23.8 Å². The first-order valence-corrected chi connectivity index (χ1v) is 9.33. The van der Waals surface area contributed by atoms with Crippen LogP contribution in [-0.4, -0.2) is 50.3 Å². The second-order valence-electron chi connectivity index (χ2n) is 6.99. The van der Waals surface area contributed by atoms with Crippen LogP contribution in [0, 0.1) is 5.92 Å². The largest absolute Gasteiger partial charge is 0.493 e. The molecule has 0 saturated carbocycles. The van der Waals surface area contributed by atoms with Crippen LogP contribution in [-0.2, 0) is 16.1 Å². The smallest absolute Gasteiger partial charge is 0.237 e. The highest BCUT2D eigenvalue weighted by Crippen LogP contribution is 2.30. The van der Waals surface area contributed by atoms with Gasteiger partial charge in [-0.1, -0.05) is 6.07 Å². The van der Waals surface area contributed by atoms with E-state index < -0.39 is 0 Å². The third-order valence-corrected chi connectivity index (χ3v) is 5.18. The summed E-state index contributed by atoms with van der Waals surface area (Å²) < 4.78 is 17.0. The molecule has 7 heteroatoms. The number of amides is 1. The van der Waals surface area contributed by atoms with Crippen LogP contribution in [0.3, 0.4) is 0 Å². The van der Waals surface area contributed by atoms with Gasteiger partial charge in [-0.25, -0.2) is 5.84 Å². The van der Waals surface area contributed by atoms with Gasteiger partial charge in [-0.2, -0.15) is 0 Å².